The Hall–Kier alpha value is -3.34. The van der Waals surface area contributed by atoms with Crippen molar-refractivity contribution in [2.75, 3.05) is 14.2 Å². The van der Waals surface area contributed by atoms with Gasteiger partial charge in [-0.2, -0.15) is 0 Å². The molecule has 0 amide bonds. The molecule has 0 aliphatic rings. The van der Waals surface area contributed by atoms with Crippen LogP contribution in [0.1, 0.15) is 5.56 Å². The van der Waals surface area contributed by atoms with E-state index in [1.54, 1.807) is 14.2 Å². The molecule has 5 heteroatoms. The highest BCUT2D eigenvalue weighted by atomic mass is 16.5. The minimum atomic E-state index is 0.748. The van der Waals surface area contributed by atoms with E-state index < -0.39 is 0 Å². The van der Waals surface area contributed by atoms with Crippen LogP contribution in [0, 0.1) is 6.92 Å². The zero-order chi connectivity index (χ0) is 18.1. The number of aromatic nitrogens is 3. The zero-order valence-electron chi connectivity index (χ0n) is 14.9. The Labute approximate surface area is 151 Å². The number of para-hydroxylation sites is 1. The Balaban J connectivity index is 1.88. The summed E-state index contributed by atoms with van der Waals surface area (Å²) in [5.41, 5.74) is 4.94. The van der Waals surface area contributed by atoms with E-state index in [0.29, 0.717) is 0 Å². The molecule has 130 valence electrons. The molecule has 0 aliphatic carbocycles. The van der Waals surface area contributed by atoms with Crippen molar-refractivity contribution < 1.29 is 9.47 Å². The van der Waals surface area contributed by atoms with E-state index in [-0.39, 0.29) is 0 Å². The van der Waals surface area contributed by atoms with Crippen LogP contribution in [0.4, 0.5) is 0 Å². The molecule has 2 heterocycles. The fourth-order valence-electron chi connectivity index (χ4n) is 3.07. The van der Waals surface area contributed by atoms with Crippen LogP contribution in [0.15, 0.2) is 60.8 Å². The Morgan fingerprint density at radius 3 is 2.38 bits per heavy atom. The van der Waals surface area contributed by atoms with Gasteiger partial charge in [-0.1, -0.05) is 24.3 Å². The quantitative estimate of drug-likeness (QED) is 0.550. The van der Waals surface area contributed by atoms with Crippen molar-refractivity contribution in [3.05, 3.63) is 66.4 Å². The van der Waals surface area contributed by atoms with E-state index in [9.17, 15) is 0 Å². The number of fused-ring (bicyclic) bond motifs is 1. The lowest BCUT2D eigenvalue weighted by molar-refractivity contribution is 0.412. The fraction of sp³-hybridized carbons (Fsp3) is 0.143. The second-order valence-electron chi connectivity index (χ2n) is 6.05. The van der Waals surface area contributed by atoms with E-state index in [4.69, 9.17) is 9.47 Å². The summed E-state index contributed by atoms with van der Waals surface area (Å²) in [6, 6.07) is 18.0. The molecule has 2 aromatic heterocycles. The van der Waals surface area contributed by atoms with E-state index in [0.717, 1.165) is 45.2 Å². The maximum absolute atomic E-state index is 5.48. The molecule has 0 spiro atoms. The molecule has 0 atom stereocenters. The summed E-state index contributed by atoms with van der Waals surface area (Å²) in [5.74, 6) is 2.39. The van der Waals surface area contributed by atoms with Gasteiger partial charge >= 0.3 is 0 Å². The first-order valence-electron chi connectivity index (χ1n) is 8.34. The molecular weight excluding hydrogens is 326 g/mol. The standard InChI is InChI=1S/C21H19N3O2/c1-14-8-9-15(12-19(14)26-3)16-10-11-20-22-23-21(24(20)13-16)17-6-4-5-7-18(17)25-2/h4-13H,1-3H3. The minimum Gasteiger partial charge on any atom is -0.496 e. The van der Waals surface area contributed by atoms with Gasteiger partial charge in [-0.15, -0.1) is 10.2 Å². The largest absolute Gasteiger partial charge is 0.496 e. The Morgan fingerprint density at radius 2 is 1.58 bits per heavy atom. The van der Waals surface area contributed by atoms with Gasteiger partial charge in [0.15, 0.2) is 11.5 Å². The predicted octanol–water partition coefficient (Wildman–Crippen LogP) is 4.39. The molecule has 4 aromatic rings. The van der Waals surface area contributed by atoms with Gasteiger partial charge in [0.25, 0.3) is 0 Å². The summed E-state index contributed by atoms with van der Waals surface area (Å²) in [6.07, 6.45) is 2.04. The number of rotatable bonds is 4. The van der Waals surface area contributed by atoms with Crippen LogP contribution in [0.2, 0.25) is 0 Å². The third-order valence-corrected chi connectivity index (χ3v) is 4.49. The molecule has 0 saturated heterocycles. The van der Waals surface area contributed by atoms with Crippen molar-refractivity contribution >= 4 is 5.65 Å². The number of hydrogen-bond acceptors (Lipinski definition) is 4. The molecule has 0 saturated carbocycles. The van der Waals surface area contributed by atoms with Crippen LogP contribution >= 0.6 is 0 Å². The first kappa shape index (κ1) is 16.1. The molecule has 0 bridgehead atoms. The predicted molar refractivity (Wildman–Crippen MR) is 102 cm³/mol. The molecule has 0 fully saturated rings. The molecular formula is C21H19N3O2. The van der Waals surface area contributed by atoms with Crippen molar-refractivity contribution in [2.45, 2.75) is 6.92 Å². The maximum atomic E-state index is 5.48. The lowest BCUT2D eigenvalue weighted by atomic mass is 10.0. The Kier molecular flexibility index (Phi) is 4.05. The summed E-state index contributed by atoms with van der Waals surface area (Å²) in [5, 5.41) is 8.65. The number of ether oxygens (including phenoxy) is 2. The minimum absolute atomic E-state index is 0.748. The number of nitrogens with zero attached hydrogens (tertiary/aromatic N) is 3. The first-order valence-corrected chi connectivity index (χ1v) is 8.34. The number of benzene rings is 2. The van der Waals surface area contributed by atoms with E-state index in [2.05, 4.69) is 22.3 Å². The van der Waals surface area contributed by atoms with Gasteiger partial charge in [0, 0.05) is 6.20 Å². The third-order valence-electron chi connectivity index (χ3n) is 4.49. The van der Waals surface area contributed by atoms with Crippen molar-refractivity contribution in [1.82, 2.24) is 14.6 Å². The van der Waals surface area contributed by atoms with Gasteiger partial charge in [-0.05, 0) is 53.9 Å². The Bertz CT molecular complexity index is 1090. The van der Waals surface area contributed by atoms with Crippen molar-refractivity contribution in [3.8, 4) is 34.0 Å². The number of methoxy groups -OCH3 is 2. The Morgan fingerprint density at radius 1 is 0.808 bits per heavy atom. The molecule has 0 unspecified atom stereocenters. The normalized spacial score (nSPS) is 10.9. The highest BCUT2D eigenvalue weighted by Crippen LogP contribution is 2.31. The highest BCUT2D eigenvalue weighted by Gasteiger charge is 2.13. The van der Waals surface area contributed by atoms with Crippen molar-refractivity contribution in [3.63, 3.8) is 0 Å². The first-order chi connectivity index (χ1) is 12.7. The van der Waals surface area contributed by atoms with Crippen LogP contribution in [0.5, 0.6) is 11.5 Å². The highest BCUT2D eigenvalue weighted by molar-refractivity contribution is 5.71. The summed E-state index contributed by atoms with van der Waals surface area (Å²) < 4.78 is 12.9. The molecule has 0 radical (unpaired) electrons. The molecule has 26 heavy (non-hydrogen) atoms. The van der Waals surface area contributed by atoms with Gasteiger partial charge in [0.05, 0.1) is 19.8 Å². The molecule has 5 nitrogen and oxygen atoms in total. The van der Waals surface area contributed by atoms with Crippen LogP contribution < -0.4 is 9.47 Å². The van der Waals surface area contributed by atoms with Crippen LogP contribution in [-0.4, -0.2) is 28.8 Å². The van der Waals surface area contributed by atoms with Gasteiger partial charge in [0.1, 0.15) is 11.5 Å². The van der Waals surface area contributed by atoms with Crippen molar-refractivity contribution in [1.29, 1.82) is 0 Å². The molecule has 0 aliphatic heterocycles. The third kappa shape index (κ3) is 2.67. The maximum Gasteiger partial charge on any atom is 0.172 e. The molecule has 2 aromatic carbocycles. The average Bonchev–Trinajstić information content (AvgIpc) is 3.11. The van der Waals surface area contributed by atoms with Gasteiger partial charge in [-0.3, -0.25) is 4.40 Å². The second-order valence-corrected chi connectivity index (χ2v) is 6.05. The second kappa shape index (κ2) is 6.52. The lowest BCUT2D eigenvalue weighted by Gasteiger charge is -2.10. The summed E-state index contributed by atoms with van der Waals surface area (Å²) in [7, 11) is 3.35. The zero-order valence-corrected chi connectivity index (χ0v) is 14.9. The lowest BCUT2D eigenvalue weighted by Crippen LogP contribution is -1.94. The topological polar surface area (TPSA) is 48.7 Å². The van der Waals surface area contributed by atoms with Gasteiger partial charge < -0.3 is 9.47 Å². The van der Waals surface area contributed by atoms with Crippen LogP contribution in [0.3, 0.4) is 0 Å². The van der Waals surface area contributed by atoms with E-state index >= 15 is 0 Å². The van der Waals surface area contributed by atoms with Crippen molar-refractivity contribution in [2.24, 2.45) is 0 Å². The number of hydrogen-bond donors (Lipinski definition) is 0. The average molecular weight is 345 g/mol. The van der Waals surface area contributed by atoms with Gasteiger partial charge in [0.2, 0.25) is 0 Å². The summed E-state index contributed by atoms with van der Waals surface area (Å²) in [6.45, 7) is 2.03. The van der Waals surface area contributed by atoms with Crippen LogP contribution in [0.25, 0.3) is 28.2 Å². The monoisotopic (exact) mass is 345 g/mol. The molecule has 4 rings (SSSR count). The number of pyridine rings is 1. The SMILES string of the molecule is COc1cc(-c2ccc3nnc(-c4ccccc4OC)n3c2)ccc1C. The smallest absolute Gasteiger partial charge is 0.172 e. The van der Waals surface area contributed by atoms with Crippen LogP contribution in [-0.2, 0) is 0 Å². The number of aryl methyl sites for hydroxylation is 1. The molecule has 0 N–H and O–H groups in total. The van der Waals surface area contributed by atoms with E-state index in [1.165, 1.54) is 0 Å². The summed E-state index contributed by atoms with van der Waals surface area (Å²) >= 11 is 0. The fourth-order valence-corrected chi connectivity index (χ4v) is 3.07. The van der Waals surface area contributed by atoms with E-state index in [1.807, 2.05) is 60.0 Å². The van der Waals surface area contributed by atoms with Gasteiger partial charge in [-0.25, -0.2) is 0 Å². The summed E-state index contributed by atoms with van der Waals surface area (Å²) in [4.78, 5) is 0.